The molecule has 0 saturated carbocycles. The lowest BCUT2D eigenvalue weighted by atomic mass is 10.0. The second-order valence-corrected chi connectivity index (χ2v) is 3.08. The molecule has 0 bridgehead atoms. The second kappa shape index (κ2) is 4.33. The fourth-order valence-corrected chi connectivity index (χ4v) is 1.28. The summed E-state index contributed by atoms with van der Waals surface area (Å²) in [6.07, 6.45) is 0.303. The summed E-state index contributed by atoms with van der Waals surface area (Å²) in [5.74, 6) is -3.08. The lowest BCUT2D eigenvalue weighted by molar-refractivity contribution is -0.147. The predicted molar refractivity (Wildman–Crippen MR) is 41.8 cm³/mol. The summed E-state index contributed by atoms with van der Waals surface area (Å²) >= 11 is 2.79. The Morgan fingerprint density at radius 2 is 1.82 bits per heavy atom. The highest BCUT2D eigenvalue weighted by molar-refractivity contribution is 9.10. The summed E-state index contributed by atoms with van der Waals surface area (Å²) < 4.78 is 0. The van der Waals surface area contributed by atoms with E-state index in [4.69, 9.17) is 10.2 Å². The van der Waals surface area contributed by atoms with Gasteiger partial charge in [0.1, 0.15) is 4.83 Å². The first kappa shape index (κ1) is 10.4. The first-order valence-corrected chi connectivity index (χ1v) is 4.02. The van der Waals surface area contributed by atoms with Crippen LogP contribution < -0.4 is 0 Å². The Morgan fingerprint density at radius 1 is 1.36 bits per heavy atom. The van der Waals surface area contributed by atoms with Crippen molar-refractivity contribution in [1.82, 2.24) is 0 Å². The summed E-state index contributed by atoms with van der Waals surface area (Å²) in [5, 5.41) is 16.9. The quantitative estimate of drug-likeness (QED) is 0.698. The van der Waals surface area contributed by atoms with Gasteiger partial charge >= 0.3 is 11.9 Å². The van der Waals surface area contributed by atoms with Crippen molar-refractivity contribution >= 4 is 27.9 Å². The molecular weight excluding hydrogens is 216 g/mol. The van der Waals surface area contributed by atoms with E-state index in [1.807, 2.05) is 0 Å². The van der Waals surface area contributed by atoms with Gasteiger partial charge in [-0.25, -0.2) is 0 Å². The van der Waals surface area contributed by atoms with E-state index in [-0.39, 0.29) is 0 Å². The summed E-state index contributed by atoms with van der Waals surface area (Å²) in [6.45, 7) is 1.63. The number of carbonyl (C=O) groups is 2. The van der Waals surface area contributed by atoms with Gasteiger partial charge in [-0.2, -0.15) is 0 Å². The maximum Gasteiger partial charge on any atom is 0.318 e. The van der Waals surface area contributed by atoms with E-state index in [1.165, 1.54) is 0 Å². The molecule has 0 amide bonds. The fraction of sp³-hybridized carbons (Fsp3) is 0.667. The molecule has 0 aliphatic rings. The number of hydrogen-bond donors (Lipinski definition) is 2. The zero-order valence-electron chi connectivity index (χ0n) is 5.95. The molecule has 0 aromatic rings. The smallest absolute Gasteiger partial charge is 0.318 e. The summed E-state index contributed by atoms with van der Waals surface area (Å²) in [7, 11) is 0. The van der Waals surface area contributed by atoms with Crippen LogP contribution >= 0.6 is 15.9 Å². The summed E-state index contributed by atoms with van der Waals surface area (Å²) in [5.41, 5.74) is 0. The van der Waals surface area contributed by atoms with Crippen LogP contribution in [-0.2, 0) is 9.59 Å². The van der Waals surface area contributed by atoms with E-state index < -0.39 is 22.7 Å². The van der Waals surface area contributed by atoms with Gasteiger partial charge in [-0.1, -0.05) is 22.9 Å². The van der Waals surface area contributed by atoms with Crippen molar-refractivity contribution in [3.8, 4) is 0 Å². The van der Waals surface area contributed by atoms with E-state index >= 15 is 0 Å². The number of halogens is 1. The molecule has 0 unspecified atom stereocenters. The van der Waals surface area contributed by atoms with Crippen LogP contribution in [-0.4, -0.2) is 27.0 Å². The Labute approximate surface area is 72.3 Å². The number of hydrogen-bond acceptors (Lipinski definition) is 2. The molecule has 64 valence electrons. The molecule has 11 heavy (non-hydrogen) atoms. The van der Waals surface area contributed by atoms with Crippen LogP contribution in [0.3, 0.4) is 0 Å². The van der Waals surface area contributed by atoms with Crippen molar-refractivity contribution in [2.45, 2.75) is 18.2 Å². The number of aliphatic carboxylic acids is 2. The van der Waals surface area contributed by atoms with E-state index in [9.17, 15) is 9.59 Å². The Hall–Kier alpha value is -0.580. The lowest BCUT2D eigenvalue weighted by Crippen LogP contribution is -2.29. The maximum absolute atomic E-state index is 10.4. The first-order valence-electron chi connectivity index (χ1n) is 3.10. The predicted octanol–water partition coefficient (Wildman–Crippen LogP) is 0.945. The van der Waals surface area contributed by atoms with Crippen molar-refractivity contribution in [1.29, 1.82) is 0 Å². The molecule has 2 N–H and O–H groups in total. The topological polar surface area (TPSA) is 74.6 Å². The van der Waals surface area contributed by atoms with E-state index in [0.717, 1.165) is 0 Å². The highest BCUT2D eigenvalue weighted by atomic mass is 79.9. The average Bonchev–Trinajstić information content (AvgIpc) is 1.88. The standard InChI is InChI=1S/C6H9BrO4/c1-2-3(5(8)9)4(7)6(10)11/h3-4H,2H2,1H3,(H,8,9)(H,10,11)/t3-,4-/m0/s1. The Bertz CT molecular complexity index is 168. The number of carboxylic acid groups (broad SMARTS) is 2. The first-order chi connectivity index (χ1) is 5.00. The van der Waals surface area contributed by atoms with Gasteiger partial charge in [0.05, 0.1) is 5.92 Å². The van der Waals surface area contributed by atoms with Gasteiger partial charge in [0, 0.05) is 0 Å². The van der Waals surface area contributed by atoms with Gasteiger partial charge in [0.2, 0.25) is 0 Å². The van der Waals surface area contributed by atoms with Crippen molar-refractivity contribution in [3.05, 3.63) is 0 Å². The fourth-order valence-electron chi connectivity index (χ4n) is 0.679. The lowest BCUT2D eigenvalue weighted by Gasteiger charge is -2.11. The number of carboxylic acids is 2. The molecule has 0 saturated heterocycles. The minimum atomic E-state index is -1.14. The van der Waals surface area contributed by atoms with Gasteiger partial charge in [0.25, 0.3) is 0 Å². The average molecular weight is 225 g/mol. The third-order valence-corrected chi connectivity index (χ3v) is 2.38. The normalized spacial score (nSPS) is 15.5. The molecule has 2 atom stereocenters. The molecule has 0 aromatic carbocycles. The zero-order valence-corrected chi connectivity index (χ0v) is 7.54. The molecule has 0 aromatic heterocycles. The zero-order chi connectivity index (χ0) is 9.02. The number of alkyl halides is 1. The van der Waals surface area contributed by atoms with Crippen LogP contribution in [0, 0.1) is 5.92 Å². The van der Waals surface area contributed by atoms with Crippen LogP contribution in [0.1, 0.15) is 13.3 Å². The molecule has 0 aliphatic heterocycles. The summed E-state index contributed by atoms with van der Waals surface area (Å²) in [4.78, 5) is 19.7. The minimum absolute atomic E-state index is 0.303. The Balaban J connectivity index is 4.25. The third kappa shape index (κ3) is 2.88. The minimum Gasteiger partial charge on any atom is -0.481 e. The molecule has 5 heteroatoms. The SMILES string of the molecule is CC[C@H](C(=O)O)[C@H](Br)C(=O)O. The van der Waals surface area contributed by atoms with E-state index in [0.29, 0.717) is 6.42 Å². The molecule has 0 fully saturated rings. The van der Waals surface area contributed by atoms with Gasteiger partial charge < -0.3 is 10.2 Å². The number of rotatable bonds is 4. The van der Waals surface area contributed by atoms with Crippen molar-refractivity contribution in [3.63, 3.8) is 0 Å². The largest absolute Gasteiger partial charge is 0.481 e. The monoisotopic (exact) mass is 224 g/mol. The molecule has 0 radical (unpaired) electrons. The highest BCUT2D eigenvalue weighted by Gasteiger charge is 2.29. The molecule has 0 spiro atoms. The van der Waals surface area contributed by atoms with Crippen molar-refractivity contribution in [2.75, 3.05) is 0 Å². The molecule has 0 heterocycles. The molecule has 4 nitrogen and oxygen atoms in total. The van der Waals surface area contributed by atoms with Gasteiger partial charge in [-0.3, -0.25) is 9.59 Å². The van der Waals surface area contributed by atoms with Gasteiger partial charge in [-0.05, 0) is 6.42 Å². The Kier molecular flexibility index (Phi) is 4.10. The van der Waals surface area contributed by atoms with Crippen LogP contribution in [0.5, 0.6) is 0 Å². The molecule has 0 aliphatic carbocycles. The third-order valence-electron chi connectivity index (χ3n) is 1.35. The van der Waals surface area contributed by atoms with Crippen molar-refractivity contribution in [2.24, 2.45) is 5.92 Å². The highest BCUT2D eigenvalue weighted by Crippen LogP contribution is 2.16. The van der Waals surface area contributed by atoms with E-state index in [1.54, 1.807) is 6.92 Å². The van der Waals surface area contributed by atoms with E-state index in [2.05, 4.69) is 15.9 Å². The molecular formula is C6H9BrO4. The van der Waals surface area contributed by atoms with Gasteiger partial charge in [0.15, 0.2) is 0 Å². The maximum atomic E-state index is 10.4. The van der Waals surface area contributed by atoms with Gasteiger partial charge in [-0.15, -0.1) is 0 Å². The Morgan fingerprint density at radius 3 is 1.91 bits per heavy atom. The van der Waals surface area contributed by atoms with Crippen LogP contribution in [0.2, 0.25) is 0 Å². The molecule has 0 rings (SSSR count). The second-order valence-electron chi connectivity index (χ2n) is 2.09. The summed E-state index contributed by atoms with van der Waals surface area (Å²) in [6, 6.07) is 0. The van der Waals surface area contributed by atoms with Crippen molar-refractivity contribution < 1.29 is 19.8 Å². The van der Waals surface area contributed by atoms with Crippen LogP contribution in [0.4, 0.5) is 0 Å². The van der Waals surface area contributed by atoms with Crippen LogP contribution in [0.25, 0.3) is 0 Å². The van der Waals surface area contributed by atoms with Crippen LogP contribution in [0.15, 0.2) is 0 Å².